The van der Waals surface area contributed by atoms with Crippen LogP contribution < -0.4 is 9.64 Å². The highest BCUT2D eigenvalue weighted by Crippen LogP contribution is 2.33. The quantitative estimate of drug-likeness (QED) is 0.809. The van der Waals surface area contributed by atoms with Crippen molar-refractivity contribution in [2.24, 2.45) is 0 Å². The highest BCUT2D eigenvalue weighted by Gasteiger charge is 2.23. The Labute approximate surface area is 114 Å². The van der Waals surface area contributed by atoms with Gasteiger partial charge in [0.1, 0.15) is 17.1 Å². The van der Waals surface area contributed by atoms with E-state index >= 15 is 0 Å². The molecule has 0 bridgehead atoms. The molecular weight excluding hydrogens is 296 g/mol. The summed E-state index contributed by atoms with van der Waals surface area (Å²) in [5, 5.41) is 3.98. The molecule has 1 aromatic carbocycles. The number of hydrogen-bond acceptors (Lipinski definition) is 4. The van der Waals surface area contributed by atoms with Crippen LogP contribution >= 0.6 is 15.9 Å². The van der Waals surface area contributed by atoms with Gasteiger partial charge in [0.05, 0.1) is 6.54 Å². The number of halogens is 1. The number of fused-ring (bicyclic) bond motifs is 1. The summed E-state index contributed by atoms with van der Waals surface area (Å²) in [5.41, 5.74) is 3.09. The Morgan fingerprint density at radius 2 is 2.17 bits per heavy atom. The molecule has 3 rings (SSSR count). The zero-order chi connectivity index (χ0) is 12.7. The number of aryl methyl sites for hydroxylation is 2. The topological polar surface area (TPSA) is 38.5 Å². The molecule has 2 heterocycles. The van der Waals surface area contributed by atoms with Crippen LogP contribution in [0.15, 0.2) is 27.2 Å². The van der Waals surface area contributed by atoms with Gasteiger partial charge in [0.25, 0.3) is 0 Å². The van der Waals surface area contributed by atoms with E-state index in [2.05, 4.69) is 32.1 Å². The lowest BCUT2D eigenvalue weighted by atomic mass is 10.1. The zero-order valence-corrected chi connectivity index (χ0v) is 11.8. The number of aromatic nitrogens is 1. The molecule has 2 aromatic rings. The second-order valence-corrected chi connectivity index (χ2v) is 5.31. The van der Waals surface area contributed by atoms with E-state index < -0.39 is 0 Å². The molecule has 0 radical (unpaired) electrons. The van der Waals surface area contributed by atoms with Crippen LogP contribution in [0.2, 0.25) is 0 Å². The maximum absolute atomic E-state index is 5.76. The molecule has 0 spiro atoms. The maximum atomic E-state index is 5.76. The standard InChI is InChI=1S/C13H13BrN2O2/c1-8-13(9(2)18-15-8)16-6-10-5-11(14)3-4-12(10)17-7-16/h3-5H,6-7H2,1-2H3. The van der Waals surface area contributed by atoms with Crippen molar-refractivity contribution in [1.82, 2.24) is 5.16 Å². The van der Waals surface area contributed by atoms with Crippen molar-refractivity contribution in [3.8, 4) is 5.75 Å². The van der Waals surface area contributed by atoms with Crippen LogP contribution in [-0.2, 0) is 6.54 Å². The van der Waals surface area contributed by atoms with E-state index in [4.69, 9.17) is 9.26 Å². The van der Waals surface area contributed by atoms with E-state index in [9.17, 15) is 0 Å². The molecule has 0 aliphatic carbocycles. The first kappa shape index (κ1) is 11.6. The summed E-state index contributed by atoms with van der Waals surface area (Å²) in [6.45, 7) is 5.20. The van der Waals surface area contributed by atoms with Gasteiger partial charge in [0, 0.05) is 10.0 Å². The first-order chi connectivity index (χ1) is 8.65. The predicted octanol–water partition coefficient (Wildman–Crippen LogP) is 3.41. The van der Waals surface area contributed by atoms with Crippen molar-refractivity contribution in [2.75, 3.05) is 11.6 Å². The third-order valence-corrected chi connectivity index (χ3v) is 3.56. The molecule has 0 amide bonds. The average molecular weight is 309 g/mol. The molecule has 0 fully saturated rings. The minimum absolute atomic E-state index is 0.525. The van der Waals surface area contributed by atoms with Crippen molar-refractivity contribution < 1.29 is 9.26 Å². The van der Waals surface area contributed by atoms with Crippen LogP contribution in [-0.4, -0.2) is 11.9 Å². The Balaban J connectivity index is 1.95. The van der Waals surface area contributed by atoms with Crippen molar-refractivity contribution >= 4 is 21.6 Å². The highest BCUT2D eigenvalue weighted by atomic mass is 79.9. The number of anilines is 1. The van der Waals surface area contributed by atoms with Gasteiger partial charge in [0.15, 0.2) is 12.5 Å². The molecule has 18 heavy (non-hydrogen) atoms. The van der Waals surface area contributed by atoms with Gasteiger partial charge >= 0.3 is 0 Å². The van der Waals surface area contributed by atoms with Crippen LogP contribution in [0.4, 0.5) is 5.69 Å². The molecular formula is C13H13BrN2O2. The number of benzene rings is 1. The average Bonchev–Trinajstić information content (AvgIpc) is 2.68. The van der Waals surface area contributed by atoms with Gasteiger partial charge in [-0.2, -0.15) is 0 Å². The molecule has 0 N–H and O–H groups in total. The third-order valence-electron chi connectivity index (χ3n) is 3.07. The van der Waals surface area contributed by atoms with Gasteiger partial charge in [-0.15, -0.1) is 0 Å². The summed E-state index contributed by atoms with van der Waals surface area (Å²) in [6, 6.07) is 6.06. The number of rotatable bonds is 1. The molecule has 94 valence electrons. The van der Waals surface area contributed by atoms with Crippen molar-refractivity contribution in [2.45, 2.75) is 20.4 Å². The summed E-state index contributed by atoms with van der Waals surface area (Å²) in [6.07, 6.45) is 0. The Bertz CT molecular complexity index is 575. The lowest BCUT2D eigenvalue weighted by molar-refractivity contribution is 0.288. The second-order valence-electron chi connectivity index (χ2n) is 4.40. The van der Waals surface area contributed by atoms with Gasteiger partial charge in [-0.3, -0.25) is 0 Å². The molecule has 4 nitrogen and oxygen atoms in total. The Kier molecular flexibility index (Phi) is 2.78. The molecule has 0 saturated heterocycles. The molecule has 5 heteroatoms. The first-order valence-corrected chi connectivity index (χ1v) is 6.53. The van der Waals surface area contributed by atoms with E-state index in [-0.39, 0.29) is 0 Å². The van der Waals surface area contributed by atoms with Crippen LogP contribution in [0, 0.1) is 13.8 Å². The van der Waals surface area contributed by atoms with E-state index in [1.54, 1.807) is 0 Å². The normalized spacial score (nSPS) is 14.3. The van der Waals surface area contributed by atoms with Crippen LogP contribution in [0.5, 0.6) is 5.75 Å². The van der Waals surface area contributed by atoms with Crippen molar-refractivity contribution in [3.63, 3.8) is 0 Å². The summed E-state index contributed by atoms with van der Waals surface area (Å²) in [4.78, 5) is 2.13. The Hall–Kier alpha value is -1.49. The van der Waals surface area contributed by atoms with Gasteiger partial charge in [0.2, 0.25) is 0 Å². The first-order valence-electron chi connectivity index (χ1n) is 5.74. The van der Waals surface area contributed by atoms with Gasteiger partial charge in [-0.05, 0) is 32.0 Å². The van der Waals surface area contributed by atoms with E-state index in [0.717, 1.165) is 39.5 Å². The minimum atomic E-state index is 0.525. The number of hydrogen-bond donors (Lipinski definition) is 0. The summed E-state index contributed by atoms with van der Waals surface area (Å²) in [7, 11) is 0. The van der Waals surface area contributed by atoms with Gasteiger partial charge in [-0.1, -0.05) is 21.1 Å². The van der Waals surface area contributed by atoms with Crippen molar-refractivity contribution in [1.29, 1.82) is 0 Å². The fourth-order valence-electron chi connectivity index (χ4n) is 2.28. The lowest BCUT2D eigenvalue weighted by Gasteiger charge is -2.30. The summed E-state index contributed by atoms with van der Waals surface area (Å²) < 4.78 is 12.0. The van der Waals surface area contributed by atoms with Crippen LogP contribution in [0.25, 0.3) is 0 Å². The molecule has 1 aliphatic rings. The van der Waals surface area contributed by atoms with Crippen LogP contribution in [0.3, 0.4) is 0 Å². The predicted molar refractivity (Wildman–Crippen MR) is 71.8 cm³/mol. The van der Waals surface area contributed by atoms with Crippen molar-refractivity contribution in [3.05, 3.63) is 39.7 Å². The van der Waals surface area contributed by atoms with Gasteiger partial charge < -0.3 is 14.2 Å². The fourth-order valence-corrected chi connectivity index (χ4v) is 2.69. The Morgan fingerprint density at radius 1 is 1.33 bits per heavy atom. The maximum Gasteiger partial charge on any atom is 0.161 e. The minimum Gasteiger partial charge on any atom is -0.473 e. The van der Waals surface area contributed by atoms with E-state index in [0.29, 0.717) is 6.73 Å². The molecule has 1 aromatic heterocycles. The molecule has 0 atom stereocenters. The lowest BCUT2D eigenvalue weighted by Crippen LogP contribution is -2.32. The molecule has 1 aliphatic heterocycles. The summed E-state index contributed by atoms with van der Waals surface area (Å²) >= 11 is 3.48. The number of ether oxygens (including phenoxy) is 1. The molecule has 0 unspecified atom stereocenters. The SMILES string of the molecule is Cc1noc(C)c1N1COc2ccc(Br)cc2C1. The van der Waals surface area contributed by atoms with E-state index in [1.165, 1.54) is 0 Å². The second kappa shape index (κ2) is 4.31. The van der Waals surface area contributed by atoms with E-state index in [1.807, 2.05) is 26.0 Å². The largest absolute Gasteiger partial charge is 0.473 e. The smallest absolute Gasteiger partial charge is 0.161 e. The third kappa shape index (κ3) is 1.88. The molecule has 0 saturated carbocycles. The summed E-state index contributed by atoms with van der Waals surface area (Å²) in [5.74, 6) is 1.77. The van der Waals surface area contributed by atoms with Crippen LogP contribution in [0.1, 0.15) is 17.0 Å². The Morgan fingerprint density at radius 3 is 2.89 bits per heavy atom. The van der Waals surface area contributed by atoms with Gasteiger partial charge in [-0.25, -0.2) is 0 Å². The monoisotopic (exact) mass is 308 g/mol. The fraction of sp³-hybridized carbons (Fsp3) is 0.308. The highest BCUT2D eigenvalue weighted by molar-refractivity contribution is 9.10. The number of nitrogens with zero attached hydrogens (tertiary/aromatic N) is 2. The zero-order valence-electron chi connectivity index (χ0n) is 10.2.